The van der Waals surface area contributed by atoms with Gasteiger partial charge in [-0.05, 0) is 64.7 Å². The molecular formula is C40H36N2O6S. The lowest BCUT2D eigenvalue weighted by atomic mass is 9.78. The Balaban J connectivity index is 1.28. The van der Waals surface area contributed by atoms with E-state index in [1.807, 2.05) is 103 Å². The minimum absolute atomic E-state index is 0.0424. The quantitative estimate of drug-likeness (QED) is 0.162. The monoisotopic (exact) mass is 672 g/mol. The second-order valence-electron chi connectivity index (χ2n) is 12.2. The second kappa shape index (κ2) is 13.7. The molecule has 1 amide bonds. The van der Waals surface area contributed by atoms with Gasteiger partial charge < -0.3 is 19.5 Å². The fourth-order valence-corrected chi connectivity index (χ4v) is 7.72. The molecule has 9 heteroatoms. The Morgan fingerprint density at radius 3 is 2.14 bits per heavy atom. The number of sulfone groups is 1. The van der Waals surface area contributed by atoms with Crippen molar-refractivity contribution in [1.82, 2.24) is 0 Å². The maximum atomic E-state index is 14.9. The average Bonchev–Trinajstić information content (AvgIpc) is 3.53. The Kier molecular flexibility index (Phi) is 9.03. The molecule has 2 aliphatic rings. The number of carbonyl (C=O) groups is 1. The van der Waals surface area contributed by atoms with Gasteiger partial charge in [0.15, 0.2) is 21.5 Å². The van der Waals surface area contributed by atoms with E-state index < -0.39 is 21.5 Å². The molecular weight excluding hydrogens is 637 g/mol. The standard InChI is InChI=1S/C40H36N2O6S/c43-25-9-26-47-34-22-20-32(21-23-34)38-41-40(37(48-38)31-18-16-30(17-19-31)29-10-3-1-4-11-29)28-33-12-7-8-15-36(33)42(39(40)44)24-27-49(45,46)35-13-5-2-6-14-35/h1-8,10-23,37,43H,9,24-28H2/t37-,40-/m0/s1. The smallest absolute Gasteiger partial charge is 0.259 e. The van der Waals surface area contributed by atoms with Crippen LogP contribution >= 0.6 is 0 Å². The molecule has 248 valence electrons. The number of aliphatic hydroxyl groups excluding tert-OH is 1. The number of fused-ring (bicyclic) bond motifs is 1. The molecule has 0 saturated heterocycles. The van der Waals surface area contributed by atoms with Gasteiger partial charge in [0.1, 0.15) is 5.75 Å². The van der Waals surface area contributed by atoms with Crippen LogP contribution in [0, 0.1) is 0 Å². The molecule has 5 aromatic rings. The van der Waals surface area contributed by atoms with E-state index in [1.54, 1.807) is 35.2 Å². The van der Waals surface area contributed by atoms with E-state index >= 15 is 0 Å². The van der Waals surface area contributed by atoms with E-state index in [4.69, 9.17) is 19.6 Å². The van der Waals surface area contributed by atoms with Gasteiger partial charge in [0.05, 0.1) is 17.3 Å². The Bertz CT molecular complexity index is 2070. The van der Waals surface area contributed by atoms with Gasteiger partial charge in [0, 0.05) is 37.2 Å². The molecule has 0 bridgehead atoms. The van der Waals surface area contributed by atoms with Crippen molar-refractivity contribution < 1.29 is 27.8 Å². The van der Waals surface area contributed by atoms with Gasteiger partial charge in [-0.1, -0.05) is 91.0 Å². The second-order valence-corrected chi connectivity index (χ2v) is 14.3. The molecule has 0 saturated carbocycles. The fraction of sp³-hybridized carbons (Fsp3) is 0.200. The number of carbonyl (C=O) groups excluding carboxylic acids is 1. The van der Waals surface area contributed by atoms with Crippen molar-refractivity contribution in [2.24, 2.45) is 4.99 Å². The average molecular weight is 673 g/mol. The summed E-state index contributed by atoms with van der Waals surface area (Å²) in [7, 11) is -3.67. The van der Waals surface area contributed by atoms with E-state index in [2.05, 4.69) is 0 Å². The number of ether oxygens (including phenoxy) is 2. The summed E-state index contributed by atoms with van der Waals surface area (Å²) in [6.45, 7) is 0.394. The van der Waals surface area contributed by atoms with Crippen LogP contribution in [0.3, 0.4) is 0 Å². The highest BCUT2D eigenvalue weighted by atomic mass is 32.2. The molecule has 0 unspecified atom stereocenters. The third-order valence-electron chi connectivity index (χ3n) is 9.00. The molecule has 8 nitrogen and oxygen atoms in total. The number of hydrogen-bond acceptors (Lipinski definition) is 7. The lowest BCUT2D eigenvalue weighted by Gasteiger charge is -2.40. The van der Waals surface area contributed by atoms with Crippen LogP contribution in [0.4, 0.5) is 5.69 Å². The highest BCUT2D eigenvalue weighted by Gasteiger charge is 2.57. The van der Waals surface area contributed by atoms with Gasteiger partial charge in [-0.15, -0.1) is 0 Å². The first-order valence-corrected chi connectivity index (χ1v) is 18.0. The van der Waals surface area contributed by atoms with Crippen LogP contribution in [-0.2, 0) is 25.8 Å². The van der Waals surface area contributed by atoms with Crippen molar-refractivity contribution in [3.05, 3.63) is 150 Å². The first-order valence-electron chi connectivity index (χ1n) is 16.3. The van der Waals surface area contributed by atoms with Crippen molar-refractivity contribution in [1.29, 1.82) is 0 Å². The molecule has 2 aliphatic heterocycles. The molecule has 1 N–H and O–H groups in total. The Morgan fingerprint density at radius 1 is 0.796 bits per heavy atom. The molecule has 2 heterocycles. The summed E-state index contributed by atoms with van der Waals surface area (Å²) in [4.78, 5) is 21.8. The zero-order valence-electron chi connectivity index (χ0n) is 26.8. The number of rotatable bonds is 11. The predicted octanol–water partition coefficient (Wildman–Crippen LogP) is 6.43. The van der Waals surface area contributed by atoms with Crippen molar-refractivity contribution in [3.8, 4) is 16.9 Å². The van der Waals surface area contributed by atoms with Crippen LogP contribution in [0.5, 0.6) is 5.75 Å². The summed E-state index contributed by atoms with van der Waals surface area (Å²) in [6.07, 6.45) is 0.0280. The van der Waals surface area contributed by atoms with E-state index in [9.17, 15) is 13.2 Å². The molecule has 0 aliphatic carbocycles. The molecule has 1 spiro atoms. The molecule has 2 atom stereocenters. The van der Waals surface area contributed by atoms with E-state index in [0.29, 0.717) is 35.9 Å². The Hall–Kier alpha value is -5.25. The van der Waals surface area contributed by atoms with Gasteiger partial charge in [0.2, 0.25) is 5.90 Å². The van der Waals surface area contributed by atoms with Crippen molar-refractivity contribution in [2.45, 2.75) is 29.4 Å². The van der Waals surface area contributed by atoms with Gasteiger partial charge >= 0.3 is 0 Å². The Morgan fingerprint density at radius 2 is 1.43 bits per heavy atom. The highest BCUT2D eigenvalue weighted by molar-refractivity contribution is 7.91. The minimum atomic E-state index is -3.67. The van der Waals surface area contributed by atoms with E-state index in [1.165, 1.54) is 0 Å². The number of amides is 1. The summed E-state index contributed by atoms with van der Waals surface area (Å²) in [5.74, 6) is 0.403. The van der Waals surface area contributed by atoms with Gasteiger partial charge in [-0.3, -0.25) is 4.79 Å². The molecule has 0 radical (unpaired) electrons. The predicted molar refractivity (Wildman–Crippen MR) is 190 cm³/mol. The molecule has 7 rings (SSSR count). The maximum absolute atomic E-state index is 14.9. The van der Waals surface area contributed by atoms with Crippen LogP contribution in [-0.4, -0.2) is 56.4 Å². The summed E-state index contributed by atoms with van der Waals surface area (Å²) in [6, 6.07) is 41.2. The summed E-state index contributed by atoms with van der Waals surface area (Å²) < 4.78 is 39.1. The number of hydrogen-bond donors (Lipinski definition) is 1. The SMILES string of the molecule is O=C1N(CCS(=O)(=O)c2ccccc2)c2ccccc2C[C@@]12N=C(c1ccc(OCCCO)cc1)O[C@H]2c1ccc(-c2ccccc2)cc1. The number of nitrogens with zero attached hydrogens (tertiary/aromatic N) is 2. The maximum Gasteiger partial charge on any atom is 0.259 e. The summed E-state index contributed by atoms with van der Waals surface area (Å²) in [5.41, 5.74) is 3.74. The van der Waals surface area contributed by atoms with Crippen LogP contribution in [0.25, 0.3) is 11.1 Å². The lowest BCUT2D eigenvalue weighted by molar-refractivity contribution is -0.126. The summed E-state index contributed by atoms with van der Waals surface area (Å²) >= 11 is 0. The third kappa shape index (κ3) is 6.47. The van der Waals surface area contributed by atoms with Gasteiger partial charge in [-0.2, -0.15) is 0 Å². The zero-order chi connectivity index (χ0) is 33.8. The van der Waals surface area contributed by atoms with E-state index in [-0.39, 0.29) is 36.1 Å². The zero-order valence-corrected chi connectivity index (χ0v) is 27.6. The number of aliphatic hydroxyl groups is 1. The first-order chi connectivity index (χ1) is 23.9. The first kappa shape index (κ1) is 32.3. The van der Waals surface area contributed by atoms with Crippen LogP contribution in [0.1, 0.15) is 29.2 Å². The van der Waals surface area contributed by atoms with Crippen LogP contribution < -0.4 is 9.64 Å². The Labute approximate surface area is 286 Å². The van der Waals surface area contributed by atoms with Gasteiger partial charge in [0.25, 0.3) is 5.91 Å². The minimum Gasteiger partial charge on any atom is -0.494 e. The van der Waals surface area contributed by atoms with Gasteiger partial charge in [-0.25, -0.2) is 13.4 Å². The number of anilines is 1. The van der Waals surface area contributed by atoms with Crippen LogP contribution in [0.2, 0.25) is 0 Å². The summed E-state index contributed by atoms with van der Waals surface area (Å²) in [5, 5.41) is 9.10. The molecule has 5 aromatic carbocycles. The lowest BCUT2D eigenvalue weighted by Crippen LogP contribution is -2.56. The third-order valence-corrected chi connectivity index (χ3v) is 10.7. The molecule has 0 aromatic heterocycles. The number of benzene rings is 5. The highest BCUT2D eigenvalue weighted by Crippen LogP contribution is 2.48. The van der Waals surface area contributed by atoms with Crippen molar-refractivity contribution >= 4 is 27.3 Å². The molecule has 0 fully saturated rings. The fourth-order valence-electron chi connectivity index (χ4n) is 6.48. The largest absolute Gasteiger partial charge is 0.494 e. The van der Waals surface area contributed by atoms with E-state index in [0.717, 1.165) is 22.3 Å². The van der Waals surface area contributed by atoms with Crippen LogP contribution in [0.15, 0.2) is 143 Å². The number of aliphatic imine (C=N–C) groups is 1. The van der Waals surface area contributed by atoms with Crippen molar-refractivity contribution in [3.63, 3.8) is 0 Å². The number of para-hydroxylation sites is 1. The normalized spacial score (nSPS) is 18.6. The van der Waals surface area contributed by atoms with Crippen molar-refractivity contribution in [2.75, 3.05) is 30.4 Å². The molecule has 49 heavy (non-hydrogen) atoms. The topological polar surface area (TPSA) is 106 Å².